The van der Waals surface area contributed by atoms with E-state index in [1.807, 2.05) is 17.9 Å². The lowest BCUT2D eigenvalue weighted by molar-refractivity contribution is -0.130. The van der Waals surface area contributed by atoms with E-state index in [2.05, 4.69) is 5.32 Å². The van der Waals surface area contributed by atoms with Gasteiger partial charge in [0.25, 0.3) is 0 Å². The fraction of sp³-hybridized carbons (Fsp3) is 0.429. The number of halogens is 1. The second kappa shape index (κ2) is 5.94. The Morgan fingerprint density at radius 3 is 2.74 bits per heavy atom. The first kappa shape index (κ1) is 13.7. The van der Waals surface area contributed by atoms with Gasteiger partial charge in [0.1, 0.15) is 12.1 Å². The Morgan fingerprint density at radius 1 is 1.47 bits per heavy atom. The Balaban J connectivity index is 2.02. The van der Waals surface area contributed by atoms with Crippen molar-refractivity contribution in [2.75, 3.05) is 18.4 Å². The molecule has 2 rings (SSSR count). The molecule has 1 heterocycles. The van der Waals surface area contributed by atoms with Gasteiger partial charge in [0.05, 0.1) is 10.6 Å². The summed E-state index contributed by atoms with van der Waals surface area (Å²) in [6.07, 6.45) is 2.17. The average molecular weight is 278 g/mol. The van der Waals surface area contributed by atoms with Crippen LogP contribution in [0.1, 0.15) is 25.3 Å². The van der Waals surface area contributed by atoms with E-state index < -0.39 is 0 Å². The first-order valence-electron chi connectivity index (χ1n) is 6.37. The summed E-state index contributed by atoms with van der Waals surface area (Å²) in [5.74, 6) is 0.109. The van der Waals surface area contributed by atoms with E-state index in [0.717, 1.165) is 31.6 Å². The first-order valence-corrected chi connectivity index (χ1v) is 6.74. The van der Waals surface area contributed by atoms with Gasteiger partial charge in [-0.3, -0.25) is 4.79 Å². The molecular weight excluding hydrogens is 262 g/mol. The molecule has 1 amide bonds. The van der Waals surface area contributed by atoms with Crippen LogP contribution in [-0.2, 0) is 4.79 Å². The fourth-order valence-corrected chi connectivity index (χ4v) is 2.44. The van der Waals surface area contributed by atoms with Crippen molar-refractivity contribution in [3.05, 3.63) is 28.8 Å². The van der Waals surface area contributed by atoms with Crippen LogP contribution in [0, 0.1) is 11.3 Å². The van der Waals surface area contributed by atoms with Gasteiger partial charge in [0.15, 0.2) is 0 Å². The topological polar surface area (TPSA) is 56.1 Å². The fourth-order valence-electron chi connectivity index (χ4n) is 2.22. The van der Waals surface area contributed by atoms with Crippen LogP contribution in [0.2, 0.25) is 5.02 Å². The molecule has 1 saturated heterocycles. The molecule has 1 aliphatic rings. The maximum Gasteiger partial charge on any atom is 0.244 e. The van der Waals surface area contributed by atoms with E-state index in [-0.39, 0.29) is 11.9 Å². The van der Waals surface area contributed by atoms with Gasteiger partial charge >= 0.3 is 0 Å². The number of likely N-dealkylation sites (tertiary alicyclic amines) is 1. The summed E-state index contributed by atoms with van der Waals surface area (Å²) >= 11 is 5.96. The number of carbonyl (C=O) groups is 1. The number of anilines is 1. The van der Waals surface area contributed by atoms with Crippen LogP contribution in [0.15, 0.2) is 18.2 Å². The number of nitrogens with zero attached hydrogens (tertiary/aromatic N) is 2. The molecule has 1 atom stereocenters. The Hall–Kier alpha value is -1.73. The average Bonchev–Trinajstić information content (AvgIpc) is 2.92. The molecule has 19 heavy (non-hydrogen) atoms. The van der Waals surface area contributed by atoms with E-state index in [1.165, 1.54) is 0 Å². The van der Waals surface area contributed by atoms with Crippen LogP contribution in [0.4, 0.5) is 5.69 Å². The number of carbonyl (C=O) groups excluding carboxylic acids is 1. The van der Waals surface area contributed by atoms with Crippen LogP contribution in [0.3, 0.4) is 0 Å². The number of rotatable bonds is 3. The lowest BCUT2D eigenvalue weighted by atomic mass is 10.2. The highest BCUT2D eigenvalue weighted by atomic mass is 35.5. The number of hydrogen-bond donors (Lipinski definition) is 1. The van der Waals surface area contributed by atoms with Crippen LogP contribution in [0.5, 0.6) is 0 Å². The molecular formula is C14H16ClN3O. The molecule has 0 spiro atoms. The van der Waals surface area contributed by atoms with Gasteiger partial charge in [-0.2, -0.15) is 5.26 Å². The van der Waals surface area contributed by atoms with Gasteiger partial charge in [-0.15, -0.1) is 0 Å². The van der Waals surface area contributed by atoms with Gasteiger partial charge in [-0.05, 0) is 38.0 Å². The summed E-state index contributed by atoms with van der Waals surface area (Å²) in [6.45, 7) is 3.53. The zero-order valence-corrected chi connectivity index (χ0v) is 11.6. The highest BCUT2D eigenvalue weighted by molar-refractivity contribution is 6.32. The number of benzene rings is 1. The van der Waals surface area contributed by atoms with E-state index in [0.29, 0.717) is 10.6 Å². The Labute approximate surface area is 118 Å². The van der Waals surface area contributed by atoms with E-state index in [1.54, 1.807) is 18.2 Å². The van der Waals surface area contributed by atoms with E-state index in [9.17, 15) is 4.79 Å². The summed E-state index contributed by atoms with van der Waals surface area (Å²) in [4.78, 5) is 14.0. The molecule has 1 aromatic carbocycles. The maximum atomic E-state index is 12.1. The Morgan fingerprint density at radius 2 is 2.16 bits per heavy atom. The molecule has 0 radical (unpaired) electrons. The smallest absolute Gasteiger partial charge is 0.244 e. The normalized spacial score (nSPS) is 15.9. The molecule has 1 fully saturated rings. The zero-order chi connectivity index (χ0) is 13.8. The van der Waals surface area contributed by atoms with Crippen molar-refractivity contribution in [1.29, 1.82) is 5.26 Å². The largest absolute Gasteiger partial charge is 0.374 e. The minimum absolute atomic E-state index is 0.109. The van der Waals surface area contributed by atoms with E-state index in [4.69, 9.17) is 16.9 Å². The number of hydrogen-bond acceptors (Lipinski definition) is 3. The predicted octanol–water partition coefficient (Wildman–Crippen LogP) is 2.63. The minimum Gasteiger partial charge on any atom is -0.374 e. The lowest BCUT2D eigenvalue weighted by Gasteiger charge is -2.22. The van der Waals surface area contributed by atoms with Gasteiger partial charge in [-0.1, -0.05) is 11.6 Å². The molecule has 5 heteroatoms. The standard InChI is InChI=1S/C14H16ClN3O/c1-10(14(19)18-6-2-3-7-18)17-12-5-4-11(9-16)13(15)8-12/h4-5,8,10,17H,2-3,6-7H2,1H3. The monoisotopic (exact) mass is 277 g/mol. The molecule has 0 aromatic heterocycles. The molecule has 1 N–H and O–H groups in total. The highest BCUT2D eigenvalue weighted by Gasteiger charge is 2.23. The molecule has 0 bridgehead atoms. The third-order valence-corrected chi connectivity index (χ3v) is 3.57. The quantitative estimate of drug-likeness (QED) is 0.924. The second-order valence-electron chi connectivity index (χ2n) is 4.70. The van der Waals surface area contributed by atoms with Crippen molar-refractivity contribution in [3.63, 3.8) is 0 Å². The van der Waals surface area contributed by atoms with Crippen molar-refractivity contribution in [2.45, 2.75) is 25.8 Å². The van der Waals surface area contributed by atoms with Crippen LogP contribution < -0.4 is 5.32 Å². The SMILES string of the molecule is CC(Nc1ccc(C#N)c(Cl)c1)C(=O)N1CCCC1. The molecule has 1 aliphatic heterocycles. The van der Waals surface area contributed by atoms with Gasteiger partial charge in [0.2, 0.25) is 5.91 Å². The summed E-state index contributed by atoms with van der Waals surface area (Å²) in [6, 6.07) is 6.81. The number of nitriles is 1. The zero-order valence-electron chi connectivity index (χ0n) is 10.8. The summed E-state index contributed by atoms with van der Waals surface area (Å²) < 4.78 is 0. The Kier molecular flexibility index (Phi) is 4.28. The molecule has 4 nitrogen and oxygen atoms in total. The van der Waals surface area contributed by atoms with Crippen molar-refractivity contribution in [1.82, 2.24) is 4.90 Å². The molecule has 1 aromatic rings. The third kappa shape index (κ3) is 3.18. The van der Waals surface area contributed by atoms with Gasteiger partial charge in [-0.25, -0.2) is 0 Å². The van der Waals surface area contributed by atoms with Crippen molar-refractivity contribution >= 4 is 23.2 Å². The maximum absolute atomic E-state index is 12.1. The van der Waals surface area contributed by atoms with Crippen molar-refractivity contribution < 1.29 is 4.79 Å². The lowest BCUT2D eigenvalue weighted by Crippen LogP contribution is -2.39. The van der Waals surface area contributed by atoms with Crippen LogP contribution in [-0.4, -0.2) is 29.9 Å². The first-order chi connectivity index (χ1) is 9.11. The summed E-state index contributed by atoms with van der Waals surface area (Å²) in [5.41, 5.74) is 1.19. The summed E-state index contributed by atoms with van der Waals surface area (Å²) in [5, 5.41) is 12.3. The second-order valence-corrected chi connectivity index (χ2v) is 5.11. The molecule has 100 valence electrons. The third-order valence-electron chi connectivity index (χ3n) is 3.26. The van der Waals surface area contributed by atoms with Crippen LogP contribution in [0.25, 0.3) is 0 Å². The minimum atomic E-state index is -0.290. The van der Waals surface area contributed by atoms with E-state index >= 15 is 0 Å². The van der Waals surface area contributed by atoms with Crippen LogP contribution >= 0.6 is 11.6 Å². The van der Waals surface area contributed by atoms with Gasteiger partial charge in [0, 0.05) is 18.8 Å². The highest BCUT2D eigenvalue weighted by Crippen LogP contribution is 2.21. The Bertz CT molecular complexity index is 518. The summed E-state index contributed by atoms with van der Waals surface area (Å²) in [7, 11) is 0. The number of amides is 1. The van der Waals surface area contributed by atoms with Gasteiger partial charge < -0.3 is 10.2 Å². The van der Waals surface area contributed by atoms with Crippen molar-refractivity contribution in [2.24, 2.45) is 0 Å². The predicted molar refractivity (Wildman–Crippen MR) is 75.1 cm³/mol. The van der Waals surface area contributed by atoms with Crippen molar-refractivity contribution in [3.8, 4) is 6.07 Å². The molecule has 0 saturated carbocycles. The molecule has 0 aliphatic carbocycles. The molecule has 1 unspecified atom stereocenters. The number of nitrogens with one attached hydrogen (secondary N) is 1.